The van der Waals surface area contributed by atoms with E-state index in [4.69, 9.17) is 4.98 Å². The number of phenols is 1. The molecule has 1 aliphatic rings. The Labute approximate surface area is 257 Å². The van der Waals surface area contributed by atoms with Gasteiger partial charge in [0.25, 0.3) is 0 Å². The molecule has 0 unspecified atom stereocenters. The number of imidazole rings is 2. The summed E-state index contributed by atoms with van der Waals surface area (Å²) in [6.07, 6.45) is 3.59. The summed E-state index contributed by atoms with van der Waals surface area (Å²) in [5.41, 5.74) is 8.24. The number of nitrogens with zero attached hydrogens (tertiary/aromatic N) is 5. The van der Waals surface area contributed by atoms with Gasteiger partial charge in [-0.15, -0.1) is 6.07 Å². The van der Waals surface area contributed by atoms with E-state index in [1.807, 2.05) is 64.1 Å². The molecule has 42 heavy (non-hydrogen) atoms. The van der Waals surface area contributed by atoms with Gasteiger partial charge in [0.2, 0.25) is 12.1 Å². The van der Waals surface area contributed by atoms with E-state index < -0.39 is 5.54 Å². The average Bonchev–Trinajstić information content (AvgIpc) is 3.53. The van der Waals surface area contributed by atoms with E-state index in [0.29, 0.717) is 5.69 Å². The molecule has 206 valence electrons. The van der Waals surface area contributed by atoms with Gasteiger partial charge < -0.3 is 14.2 Å². The maximum absolute atomic E-state index is 10.8. The second-order valence-electron chi connectivity index (χ2n) is 10.8. The van der Waals surface area contributed by atoms with E-state index in [0.717, 1.165) is 50.5 Å². The minimum absolute atomic E-state index is 0. The first-order valence-electron chi connectivity index (χ1n) is 13.7. The fourth-order valence-corrected chi connectivity index (χ4v) is 6.07. The van der Waals surface area contributed by atoms with Gasteiger partial charge in [0.05, 0.1) is 33.4 Å². The van der Waals surface area contributed by atoms with Gasteiger partial charge in [-0.25, -0.2) is 4.98 Å². The first kappa shape index (κ1) is 26.2. The summed E-state index contributed by atoms with van der Waals surface area (Å²) in [6.45, 7) is 4.29. The third kappa shape index (κ3) is 3.75. The van der Waals surface area contributed by atoms with Crippen molar-refractivity contribution < 1.29 is 26.2 Å². The molecule has 0 saturated heterocycles. The zero-order valence-electron chi connectivity index (χ0n) is 23.0. The second kappa shape index (κ2) is 9.71. The average molecular weight is 728 g/mol. The largest absolute Gasteiger partial charge is 2.00 e. The van der Waals surface area contributed by atoms with Gasteiger partial charge in [0, 0.05) is 5.56 Å². The number of rotatable bonds is 3. The smallest absolute Gasteiger partial charge is 0.513 e. The third-order valence-corrected chi connectivity index (χ3v) is 8.04. The number of aromatic hydroxyl groups is 1. The van der Waals surface area contributed by atoms with Gasteiger partial charge >= 0.3 is 21.1 Å². The molecule has 0 fully saturated rings. The zero-order valence-corrected chi connectivity index (χ0v) is 25.2. The van der Waals surface area contributed by atoms with E-state index >= 15 is 0 Å². The van der Waals surface area contributed by atoms with Crippen LogP contribution in [-0.2, 0) is 26.6 Å². The van der Waals surface area contributed by atoms with Gasteiger partial charge in [-0.05, 0) is 44.2 Å². The van der Waals surface area contributed by atoms with Crippen molar-refractivity contribution >= 4 is 51.2 Å². The van der Waals surface area contributed by atoms with Crippen LogP contribution in [0.5, 0.6) is 5.75 Å². The van der Waals surface area contributed by atoms with Gasteiger partial charge in [0.1, 0.15) is 11.3 Å². The minimum atomic E-state index is -0.456. The summed E-state index contributed by atoms with van der Waals surface area (Å²) in [4.78, 5) is 7.04. The van der Waals surface area contributed by atoms with Crippen LogP contribution in [0.3, 0.4) is 0 Å². The predicted octanol–water partition coefficient (Wildman–Crippen LogP) is 7.43. The first-order chi connectivity index (χ1) is 20.0. The van der Waals surface area contributed by atoms with E-state index in [2.05, 4.69) is 89.8 Å². The Kier molecular flexibility index (Phi) is 6.07. The Hall–Kier alpha value is -4.67. The van der Waals surface area contributed by atoms with Crippen molar-refractivity contribution in [1.29, 1.82) is 0 Å². The Morgan fingerprint density at radius 1 is 0.738 bits per heavy atom. The number of phenolic OH excluding ortho intramolecular Hbond substituents is 1. The number of hydrogen-bond donors (Lipinski definition) is 1. The molecule has 5 aromatic carbocycles. The van der Waals surface area contributed by atoms with Crippen LogP contribution in [0.1, 0.15) is 19.4 Å². The van der Waals surface area contributed by atoms with Crippen molar-refractivity contribution in [2.75, 3.05) is 4.90 Å². The molecule has 0 saturated carbocycles. The standard InChI is InChI=1S/C35H26N5O.Pt/c1-35(2)26-14-3-5-16-28(26)37(23-38(35)32-20-9-10-21-33(32)41)24-12-11-13-25(22-24)39-30-18-7-8-19-31(30)40-29-17-6-4-15-27(29)36-34(39)40;/h3-21,41H,1-2H3;/q-1;+2. The fraction of sp³-hybridized carbons (Fsp3) is 0.0857. The predicted molar refractivity (Wildman–Crippen MR) is 165 cm³/mol. The fourth-order valence-electron chi connectivity index (χ4n) is 6.07. The third-order valence-electron chi connectivity index (χ3n) is 8.04. The summed E-state index contributed by atoms with van der Waals surface area (Å²) in [5, 5.41) is 10.8. The molecular formula is C35H26N5OPt+. The monoisotopic (exact) mass is 727 g/mol. The van der Waals surface area contributed by atoms with Crippen LogP contribution in [0.2, 0.25) is 0 Å². The number of aromatic nitrogens is 3. The van der Waals surface area contributed by atoms with Gasteiger partial charge in [-0.1, -0.05) is 78.1 Å². The summed E-state index contributed by atoms with van der Waals surface area (Å²) in [7, 11) is 0. The molecule has 7 aromatic rings. The normalized spacial score (nSPS) is 14.1. The molecule has 3 heterocycles. The number of benzene rings is 5. The molecule has 6 nitrogen and oxygen atoms in total. The molecule has 1 N–H and O–H groups in total. The Morgan fingerprint density at radius 2 is 1.43 bits per heavy atom. The first-order valence-corrected chi connectivity index (χ1v) is 13.7. The van der Waals surface area contributed by atoms with Crippen molar-refractivity contribution in [3.8, 4) is 11.4 Å². The molecule has 0 spiro atoms. The molecule has 1 aliphatic heterocycles. The van der Waals surface area contributed by atoms with Crippen LogP contribution in [0, 0.1) is 6.07 Å². The van der Waals surface area contributed by atoms with E-state index in [9.17, 15) is 5.11 Å². The summed E-state index contributed by atoms with van der Waals surface area (Å²) in [6, 6.07) is 42.2. The number of anilines is 1. The number of fused-ring (bicyclic) bond motifs is 6. The van der Waals surface area contributed by atoms with Crippen molar-refractivity contribution in [3.63, 3.8) is 0 Å². The van der Waals surface area contributed by atoms with Gasteiger partial charge in [0.15, 0.2) is 0 Å². The number of hydrogen-bond acceptors (Lipinski definition) is 3. The van der Waals surface area contributed by atoms with Crippen molar-refractivity contribution in [3.05, 3.63) is 127 Å². The minimum Gasteiger partial charge on any atom is -0.513 e. The summed E-state index contributed by atoms with van der Waals surface area (Å²) in [5.74, 6) is 1.04. The van der Waals surface area contributed by atoms with Crippen LogP contribution >= 0.6 is 0 Å². The van der Waals surface area contributed by atoms with Crippen LogP contribution < -0.4 is 9.48 Å². The van der Waals surface area contributed by atoms with E-state index in [-0.39, 0.29) is 26.8 Å². The number of para-hydroxylation sites is 7. The molecule has 2 aromatic heterocycles. The molecule has 0 amide bonds. The molecule has 8 rings (SSSR count). The molecule has 0 aliphatic carbocycles. The Bertz CT molecular complexity index is 2170. The Morgan fingerprint density at radius 3 is 2.26 bits per heavy atom. The quantitative estimate of drug-likeness (QED) is 0.152. The molecule has 0 atom stereocenters. The SMILES string of the molecule is CC1(C)c2ccccc2[N+](c2[c-]c(-n3c4ccccc4n4c5ccccc5nc34)ccc2)=[C-]N1c1ccccc1O.[Pt+2]. The maximum atomic E-state index is 10.8. The van der Waals surface area contributed by atoms with Crippen molar-refractivity contribution in [1.82, 2.24) is 18.5 Å². The van der Waals surface area contributed by atoms with Crippen LogP contribution in [-0.4, -0.2) is 25.4 Å². The molecule has 0 bridgehead atoms. The van der Waals surface area contributed by atoms with Crippen molar-refractivity contribution in [2.45, 2.75) is 19.4 Å². The summed E-state index contributed by atoms with van der Waals surface area (Å²) >= 11 is 0. The van der Waals surface area contributed by atoms with Crippen LogP contribution in [0.4, 0.5) is 17.1 Å². The van der Waals surface area contributed by atoms with E-state index in [1.165, 1.54) is 0 Å². The molecular weight excluding hydrogens is 701 g/mol. The maximum Gasteiger partial charge on any atom is 2.00 e. The van der Waals surface area contributed by atoms with E-state index in [1.54, 1.807) is 6.07 Å². The van der Waals surface area contributed by atoms with Gasteiger partial charge in [-0.3, -0.25) is 9.30 Å². The van der Waals surface area contributed by atoms with Crippen LogP contribution in [0.25, 0.3) is 33.5 Å². The zero-order chi connectivity index (χ0) is 27.7. The Balaban J connectivity index is 0.00000288. The van der Waals surface area contributed by atoms with Crippen LogP contribution in [0.15, 0.2) is 115 Å². The molecule has 7 heteroatoms. The topological polar surface area (TPSA) is 48.7 Å². The second-order valence-corrected chi connectivity index (χ2v) is 10.8. The summed E-state index contributed by atoms with van der Waals surface area (Å²) < 4.78 is 6.41. The molecule has 0 radical (unpaired) electrons. The van der Waals surface area contributed by atoms with Gasteiger partial charge in [-0.2, -0.15) is 18.2 Å². The van der Waals surface area contributed by atoms with Crippen molar-refractivity contribution in [2.24, 2.45) is 0 Å².